The summed E-state index contributed by atoms with van der Waals surface area (Å²) in [4.78, 5) is 0. The number of aryl methyl sites for hydroxylation is 6. The zero-order chi connectivity index (χ0) is 33.5. The molecule has 0 unspecified atom stereocenters. The molecule has 0 aliphatic heterocycles. The van der Waals surface area contributed by atoms with E-state index in [2.05, 4.69) is 166 Å². The van der Waals surface area contributed by atoms with E-state index in [1.807, 2.05) is 0 Å². The fourth-order valence-electron chi connectivity index (χ4n) is 6.44. The van der Waals surface area contributed by atoms with Crippen molar-refractivity contribution in [1.82, 2.24) is 0 Å². The van der Waals surface area contributed by atoms with E-state index >= 15 is 0 Å². The van der Waals surface area contributed by atoms with Gasteiger partial charge < -0.3 is 24.8 Å². The summed E-state index contributed by atoms with van der Waals surface area (Å²) in [6.45, 7) is 22.5. The van der Waals surface area contributed by atoms with Crippen molar-refractivity contribution in [2.45, 2.75) is 82.1 Å². The second-order valence-corrected chi connectivity index (χ2v) is 19.5. The van der Waals surface area contributed by atoms with E-state index in [-0.39, 0.29) is 24.8 Å². The van der Waals surface area contributed by atoms with Gasteiger partial charge in [-0.2, -0.15) is 11.1 Å². The Labute approximate surface area is 318 Å². The van der Waals surface area contributed by atoms with E-state index in [1.54, 1.807) is 23.3 Å². The van der Waals surface area contributed by atoms with Gasteiger partial charge in [0.05, 0.1) is 0 Å². The average molecular weight is 771 g/mol. The third kappa shape index (κ3) is 10.4. The first-order valence-electron chi connectivity index (χ1n) is 16.9. The Bertz CT molecular complexity index is 1770. The van der Waals surface area contributed by atoms with Gasteiger partial charge in [-0.3, -0.25) is 0 Å². The van der Waals surface area contributed by atoms with Gasteiger partial charge in [0.1, 0.15) is 0 Å². The summed E-state index contributed by atoms with van der Waals surface area (Å²) < 4.78 is 0. The zero-order valence-corrected chi connectivity index (χ0v) is 35.5. The van der Waals surface area contributed by atoms with Crippen LogP contribution in [0.4, 0.5) is 0 Å². The molecule has 0 nitrogen and oxygen atoms in total. The van der Waals surface area contributed by atoms with Gasteiger partial charge >= 0.3 is 99.8 Å². The van der Waals surface area contributed by atoms with Gasteiger partial charge in [-0.25, -0.2) is 0 Å². The molecule has 0 heterocycles. The van der Waals surface area contributed by atoms with E-state index in [1.165, 1.54) is 89.3 Å². The van der Waals surface area contributed by atoms with Crippen LogP contribution in [0.5, 0.6) is 0 Å². The fourth-order valence-corrected chi connectivity index (χ4v) is 10.3. The molecular weight excluding hydrogens is 719 g/mol. The maximum atomic E-state index is 2.34. The first-order valence-corrected chi connectivity index (χ1v) is 22.1. The molecule has 0 bridgehead atoms. The molecule has 252 valence electrons. The van der Waals surface area contributed by atoms with Crippen LogP contribution in [0.15, 0.2) is 97.1 Å². The van der Waals surface area contributed by atoms with E-state index in [9.17, 15) is 0 Å². The van der Waals surface area contributed by atoms with E-state index in [0.717, 1.165) is 11.8 Å². The average Bonchev–Trinajstić information content (AvgIpc) is 3.52. The van der Waals surface area contributed by atoms with Crippen molar-refractivity contribution in [3.63, 3.8) is 0 Å². The van der Waals surface area contributed by atoms with Gasteiger partial charge in [-0.15, -0.1) is 68.1 Å². The zero-order valence-electron chi connectivity index (χ0n) is 30.6. The normalized spacial score (nSPS) is 10.6. The third-order valence-electron chi connectivity index (χ3n) is 9.14. The molecule has 0 atom stereocenters. The second kappa shape index (κ2) is 19.2. The predicted octanol–water partition coefficient (Wildman–Crippen LogP) is 4.71. The van der Waals surface area contributed by atoms with Crippen LogP contribution in [0.3, 0.4) is 0 Å². The van der Waals surface area contributed by atoms with Crippen molar-refractivity contribution >= 4 is 37.4 Å². The monoisotopic (exact) mass is 768 g/mol. The Morgan fingerprint density at radius 1 is 0.521 bits per heavy atom. The van der Waals surface area contributed by atoms with E-state index in [0.29, 0.717) is 0 Å². The summed E-state index contributed by atoms with van der Waals surface area (Å²) in [5.41, 5.74) is 11.2. The minimum absolute atomic E-state index is 0. The molecule has 48 heavy (non-hydrogen) atoms. The molecule has 4 heteroatoms. The summed E-state index contributed by atoms with van der Waals surface area (Å²) in [5, 5.41) is 8.95. The summed E-state index contributed by atoms with van der Waals surface area (Å²) in [7, 11) is 0. The molecule has 0 aromatic heterocycles. The van der Waals surface area contributed by atoms with Crippen LogP contribution in [-0.2, 0) is 36.2 Å². The number of halogens is 2. The Morgan fingerprint density at radius 3 is 1.17 bits per heavy atom. The Kier molecular flexibility index (Phi) is 16.8. The Morgan fingerprint density at radius 2 is 0.854 bits per heavy atom. The van der Waals surface area contributed by atoms with Gasteiger partial charge in [0.25, 0.3) is 0 Å². The third-order valence-corrected chi connectivity index (χ3v) is 15.2. The van der Waals surface area contributed by atoms with Crippen LogP contribution >= 0.6 is 0 Å². The molecular formula is C44H52Cl2SiZr-2. The van der Waals surface area contributed by atoms with Crippen LogP contribution < -0.4 is 35.2 Å². The molecule has 6 aromatic rings. The predicted molar refractivity (Wildman–Crippen MR) is 202 cm³/mol. The molecule has 0 fully saturated rings. The Balaban J connectivity index is 0.000000246. The second-order valence-electron chi connectivity index (χ2n) is 13.9. The number of benzene rings is 4. The van der Waals surface area contributed by atoms with Crippen molar-refractivity contribution in [3.8, 4) is 0 Å². The number of hydrogen-bond donors (Lipinski definition) is 0. The van der Waals surface area contributed by atoms with Gasteiger partial charge in [-0.1, -0.05) is 92.5 Å². The molecule has 0 saturated heterocycles. The molecule has 0 spiro atoms. The number of rotatable bonds is 6. The SMILES string of the molecule is Cc1[cH-]c2c(C)ccc(CC(C)C)c2c1C.Cc1[cH-]c2c(C)ccc(CC(C)C)c2c1C.[Cl-].[Cl-].[Zr+2]=[Si](c1ccccc1)c1ccccc1. The van der Waals surface area contributed by atoms with Crippen LogP contribution in [0.2, 0.25) is 0 Å². The quantitative estimate of drug-likeness (QED) is 0.170. The summed E-state index contributed by atoms with van der Waals surface area (Å²) >= 11 is 1.64. The summed E-state index contributed by atoms with van der Waals surface area (Å²) in [5.74, 6) is 1.45. The summed E-state index contributed by atoms with van der Waals surface area (Å²) in [6.07, 6.45) is 2.36. The first kappa shape index (κ1) is 41.9. The van der Waals surface area contributed by atoms with Gasteiger partial charge in [0, 0.05) is 0 Å². The van der Waals surface area contributed by atoms with Gasteiger partial charge in [-0.05, 0) is 24.7 Å². The number of fused-ring (bicyclic) bond motifs is 2. The molecule has 0 amide bonds. The Hall–Kier alpha value is -2.22. The fraction of sp³-hybridized carbons (Fsp3) is 0.318. The van der Waals surface area contributed by atoms with Crippen LogP contribution in [0, 0.1) is 53.4 Å². The van der Waals surface area contributed by atoms with E-state index in [4.69, 9.17) is 0 Å². The molecule has 0 N–H and O–H groups in total. The maximum absolute atomic E-state index is 2.34. The first-order chi connectivity index (χ1) is 21.9. The minimum atomic E-state index is -0.455. The van der Waals surface area contributed by atoms with Crippen molar-refractivity contribution in [3.05, 3.63) is 142 Å². The van der Waals surface area contributed by atoms with Crippen molar-refractivity contribution in [1.29, 1.82) is 0 Å². The number of hydrogen-bond acceptors (Lipinski definition) is 0. The molecule has 0 aliphatic carbocycles. The molecule has 0 saturated carbocycles. The van der Waals surface area contributed by atoms with Crippen molar-refractivity contribution < 1.29 is 48.1 Å². The topological polar surface area (TPSA) is 0 Å². The molecule has 0 radical (unpaired) electrons. The molecule has 0 aliphatic rings. The van der Waals surface area contributed by atoms with Crippen LogP contribution in [-0.4, -0.2) is 5.43 Å². The van der Waals surface area contributed by atoms with Crippen molar-refractivity contribution in [2.75, 3.05) is 0 Å². The standard InChI is InChI=1S/2C16H21.C12H10Si.2ClH.Zr/c2*1-10(2)8-14-7-6-11(3)15-9-12(4)13(5)16(14)15;1-3-7-11(8-4-1)13-12-9-5-2-6-10-12;;;/h2*6-7,9-10H,8H2,1-5H3;1-10H;2*1H;/q2*-1;;;;+2/p-2. The van der Waals surface area contributed by atoms with Gasteiger partial charge in [0.15, 0.2) is 0 Å². The van der Waals surface area contributed by atoms with Gasteiger partial charge in [0.2, 0.25) is 0 Å². The van der Waals surface area contributed by atoms with Crippen LogP contribution in [0.1, 0.15) is 72.2 Å². The molecule has 6 rings (SSSR count). The van der Waals surface area contributed by atoms with E-state index < -0.39 is 5.43 Å². The summed E-state index contributed by atoms with van der Waals surface area (Å²) in [6, 6.07) is 35.5. The van der Waals surface area contributed by atoms with Crippen molar-refractivity contribution in [2.24, 2.45) is 11.8 Å². The van der Waals surface area contributed by atoms with Crippen LogP contribution in [0.25, 0.3) is 21.5 Å². The molecule has 6 aromatic carbocycles.